The number of hydrogen-bond acceptors (Lipinski definition) is 4. The summed E-state index contributed by atoms with van der Waals surface area (Å²) in [7, 11) is 0. The highest BCUT2D eigenvalue weighted by atomic mass is 16.5. The Morgan fingerprint density at radius 3 is 2.74 bits per heavy atom. The van der Waals surface area contributed by atoms with Crippen molar-refractivity contribution in [1.29, 1.82) is 0 Å². The Morgan fingerprint density at radius 2 is 2.26 bits per heavy atom. The van der Waals surface area contributed by atoms with Crippen LogP contribution in [-0.4, -0.2) is 39.6 Å². The fourth-order valence-corrected chi connectivity index (χ4v) is 1.97. The van der Waals surface area contributed by atoms with Crippen LogP contribution >= 0.6 is 0 Å². The normalized spacial score (nSPS) is 16.1. The summed E-state index contributed by atoms with van der Waals surface area (Å²) in [5, 5.41) is 12.7. The number of nitrogens with zero attached hydrogens (tertiary/aromatic N) is 2. The Labute approximate surface area is 111 Å². The van der Waals surface area contributed by atoms with Crippen LogP contribution in [0.25, 0.3) is 0 Å². The van der Waals surface area contributed by atoms with E-state index >= 15 is 0 Å². The molecule has 1 amide bonds. The minimum absolute atomic E-state index is 0.0797. The third kappa shape index (κ3) is 3.56. The third-order valence-corrected chi connectivity index (χ3v) is 3.21. The van der Waals surface area contributed by atoms with E-state index in [9.17, 15) is 9.59 Å². The van der Waals surface area contributed by atoms with Crippen LogP contribution in [0.2, 0.25) is 0 Å². The smallest absolute Gasteiger partial charge is 0.308 e. The number of aromatic nitrogens is 1. The summed E-state index contributed by atoms with van der Waals surface area (Å²) < 4.78 is 4.93. The van der Waals surface area contributed by atoms with Crippen molar-refractivity contribution in [3.05, 3.63) is 17.5 Å². The summed E-state index contributed by atoms with van der Waals surface area (Å²) in [6.45, 7) is 3.65. The molecule has 0 bridgehead atoms. The summed E-state index contributed by atoms with van der Waals surface area (Å²) >= 11 is 0. The quantitative estimate of drug-likeness (QED) is 0.837. The minimum Gasteiger partial charge on any atom is -0.481 e. The van der Waals surface area contributed by atoms with Gasteiger partial charge in [-0.05, 0) is 19.8 Å². The van der Waals surface area contributed by atoms with Crippen molar-refractivity contribution >= 4 is 11.9 Å². The van der Waals surface area contributed by atoms with Gasteiger partial charge in [-0.1, -0.05) is 12.1 Å². The Kier molecular flexibility index (Phi) is 3.87. The van der Waals surface area contributed by atoms with Crippen LogP contribution in [0.15, 0.2) is 10.6 Å². The van der Waals surface area contributed by atoms with E-state index in [4.69, 9.17) is 9.63 Å². The summed E-state index contributed by atoms with van der Waals surface area (Å²) in [5.74, 6) is -0.845. The third-order valence-electron chi connectivity index (χ3n) is 3.21. The second-order valence-corrected chi connectivity index (χ2v) is 5.12. The minimum atomic E-state index is -0.879. The van der Waals surface area contributed by atoms with Gasteiger partial charge in [0.1, 0.15) is 5.76 Å². The molecule has 1 N–H and O–H groups in total. The SMILES string of the molecule is Cc1cc(CC(=O)N(C[C@@H](C)C(=O)O)C2CC2)no1. The molecule has 6 nitrogen and oxygen atoms in total. The predicted octanol–water partition coefficient (Wildman–Crippen LogP) is 1.24. The molecule has 0 radical (unpaired) electrons. The van der Waals surface area contributed by atoms with E-state index in [1.807, 2.05) is 0 Å². The first kappa shape index (κ1) is 13.6. The van der Waals surface area contributed by atoms with Gasteiger partial charge in [0, 0.05) is 18.7 Å². The van der Waals surface area contributed by atoms with Gasteiger partial charge in [0.15, 0.2) is 0 Å². The van der Waals surface area contributed by atoms with Crippen molar-refractivity contribution in [3.8, 4) is 0 Å². The van der Waals surface area contributed by atoms with Crippen LogP contribution in [0.3, 0.4) is 0 Å². The first-order chi connectivity index (χ1) is 8.97. The number of aryl methyl sites for hydroxylation is 1. The van der Waals surface area contributed by atoms with E-state index in [-0.39, 0.29) is 24.9 Å². The van der Waals surface area contributed by atoms with Gasteiger partial charge in [0.2, 0.25) is 5.91 Å². The highest BCUT2D eigenvalue weighted by Gasteiger charge is 2.34. The number of carboxylic acids is 1. The number of carboxylic acid groups (broad SMARTS) is 1. The van der Waals surface area contributed by atoms with Crippen LogP contribution in [0.4, 0.5) is 0 Å². The highest BCUT2D eigenvalue weighted by Crippen LogP contribution is 2.28. The van der Waals surface area contributed by atoms with Gasteiger partial charge in [-0.2, -0.15) is 0 Å². The average molecular weight is 266 g/mol. The molecule has 19 heavy (non-hydrogen) atoms. The van der Waals surface area contributed by atoms with Crippen LogP contribution in [0.1, 0.15) is 31.2 Å². The van der Waals surface area contributed by atoms with Gasteiger partial charge < -0.3 is 14.5 Å². The summed E-state index contributed by atoms with van der Waals surface area (Å²) in [5.41, 5.74) is 0.594. The lowest BCUT2D eigenvalue weighted by Crippen LogP contribution is -2.39. The van der Waals surface area contributed by atoms with Crippen LogP contribution in [0, 0.1) is 12.8 Å². The standard InChI is InChI=1S/C13H18N2O4/c1-8(13(17)18)7-15(11-3-4-11)12(16)6-10-5-9(2)19-14-10/h5,8,11H,3-4,6-7H2,1-2H3,(H,17,18)/t8-/m1/s1. The van der Waals surface area contributed by atoms with E-state index < -0.39 is 11.9 Å². The van der Waals surface area contributed by atoms with E-state index in [0.717, 1.165) is 12.8 Å². The molecule has 1 aliphatic carbocycles. The fourth-order valence-electron chi connectivity index (χ4n) is 1.97. The van der Waals surface area contributed by atoms with Crippen molar-refractivity contribution in [2.24, 2.45) is 5.92 Å². The van der Waals surface area contributed by atoms with Gasteiger partial charge in [-0.15, -0.1) is 0 Å². The van der Waals surface area contributed by atoms with Gasteiger partial charge in [-0.25, -0.2) is 0 Å². The van der Waals surface area contributed by atoms with Gasteiger partial charge in [0.25, 0.3) is 0 Å². The number of amides is 1. The molecule has 0 unspecified atom stereocenters. The van der Waals surface area contributed by atoms with Crippen molar-refractivity contribution in [3.63, 3.8) is 0 Å². The lowest BCUT2D eigenvalue weighted by molar-refractivity contribution is -0.143. The van der Waals surface area contributed by atoms with Crippen LogP contribution in [0.5, 0.6) is 0 Å². The molecule has 0 aliphatic heterocycles. The predicted molar refractivity (Wildman–Crippen MR) is 66.5 cm³/mol. The zero-order chi connectivity index (χ0) is 14.0. The molecular weight excluding hydrogens is 248 g/mol. The molecule has 1 aliphatic rings. The lowest BCUT2D eigenvalue weighted by Gasteiger charge is -2.24. The second-order valence-electron chi connectivity index (χ2n) is 5.12. The zero-order valence-electron chi connectivity index (χ0n) is 11.1. The molecule has 1 aromatic heterocycles. The number of hydrogen-bond donors (Lipinski definition) is 1. The largest absolute Gasteiger partial charge is 0.481 e. The summed E-state index contributed by atoms with van der Waals surface area (Å²) in [6.07, 6.45) is 2.08. The molecule has 2 rings (SSSR count). The van der Waals surface area contributed by atoms with E-state index in [1.54, 1.807) is 24.8 Å². The number of carbonyl (C=O) groups is 2. The molecule has 1 heterocycles. The summed E-state index contributed by atoms with van der Waals surface area (Å²) in [4.78, 5) is 24.8. The van der Waals surface area contributed by atoms with Gasteiger partial charge in [-0.3, -0.25) is 9.59 Å². The summed E-state index contributed by atoms with van der Waals surface area (Å²) in [6, 6.07) is 1.92. The molecule has 1 fully saturated rings. The van der Waals surface area contributed by atoms with Crippen LogP contribution < -0.4 is 0 Å². The monoisotopic (exact) mass is 266 g/mol. The molecule has 0 aromatic carbocycles. The van der Waals surface area contributed by atoms with E-state index in [1.165, 1.54) is 0 Å². The molecule has 0 saturated heterocycles. The second kappa shape index (κ2) is 5.42. The molecular formula is C13H18N2O4. The maximum atomic E-state index is 12.2. The first-order valence-electron chi connectivity index (χ1n) is 6.42. The van der Waals surface area contributed by atoms with Gasteiger partial charge in [0.05, 0.1) is 18.0 Å². The Balaban J connectivity index is 1.98. The molecule has 1 aromatic rings. The fraction of sp³-hybridized carbons (Fsp3) is 0.615. The molecule has 1 atom stereocenters. The average Bonchev–Trinajstić information content (AvgIpc) is 3.10. The first-order valence-corrected chi connectivity index (χ1v) is 6.42. The number of carbonyl (C=O) groups excluding carboxylic acids is 1. The molecule has 6 heteroatoms. The zero-order valence-corrected chi connectivity index (χ0v) is 11.1. The highest BCUT2D eigenvalue weighted by molar-refractivity contribution is 5.80. The maximum Gasteiger partial charge on any atom is 0.308 e. The molecule has 104 valence electrons. The van der Waals surface area contributed by atoms with Crippen molar-refractivity contribution in [2.45, 2.75) is 39.2 Å². The Bertz CT molecular complexity index is 479. The topological polar surface area (TPSA) is 83.6 Å². The Morgan fingerprint density at radius 1 is 1.58 bits per heavy atom. The van der Waals surface area contributed by atoms with E-state index in [2.05, 4.69) is 5.16 Å². The number of rotatable bonds is 6. The molecule has 1 saturated carbocycles. The Hall–Kier alpha value is -1.85. The van der Waals surface area contributed by atoms with Crippen molar-refractivity contribution in [1.82, 2.24) is 10.1 Å². The number of aliphatic carboxylic acids is 1. The molecule has 0 spiro atoms. The maximum absolute atomic E-state index is 12.2. The van der Waals surface area contributed by atoms with Crippen molar-refractivity contribution in [2.75, 3.05) is 6.54 Å². The van der Waals surface area contributed by atoms with Gasteiger partial charge >= 0.3 is 5.97 Å². The lowest BCUT2D eigenvalue weighted by atomic mass is 10.1. The van der Waals surface area contributed by atoms with E-state index in [0.29, 0.717) is 11.5 Å². The van der Waals surface area contributed by atoms with Crippen LogP contribution in [-0.2, 0) is 16.0 Å². The van der Waals surface area contributed by atoms with Crippen molar-refractivity contribution < 1.29 is 19.2 Å².